The first-order chi connectivity index (χ1) is 8.87. The van der Waals surface area contributed by atoms with E-state index in [0.717, 1.165) is 12.8 Å². The molecule has 19 heavy (non-hydrogen) atoms. The van der Waals surface area contributed by atoms with Crippen LogP contribution in [0.1, 0.15) is 25.3 Å². The quantitative estimate of drug-likeness (QED) is 0.889. The molecule has 1 aliphatic carbocycles. The molecule has 1 N–H and O–H groups in total. The molecule has 1 aromatic carbocycles. The lowest BCUT2D eigenvalue weighted by Crippen LogP contribution is -2.36. The van der Waals surface area contributed by atoms with Crippen molar-refractivity contribution in [3.05, 3.63) is 28.2 Å². The third kappa shape index (κ3) is 3.02. The van der Waals surface area contributed by atoms with E-state index in [0.29, 0.717) is 16.0 Å². The minimum Gasteiger partial charge on any atom is -0.392 e. The SMILES string of the molecule is CC(C1CC1)N(C)S(=O)(=O)c1ccc(CO)cc1Br. The lowest BCUT2D eigenvalue weighted by molar-refractivity contribution is 0.281. The molecule has 0 amide bonds. The molecule has 4 nitrogen and oxygen atoms in total. The molecule has 0 spiro atoms. The molecule has 0 saturated heterocycles. The van der Waals surface area contributed by atoms with Crippen molar-refractivity contribution in [2.24, 2.45) is 5.92 Å². The number of aliphatic hydroxyl groups is 1. The smallest absolute Gasteiger partial charge is 0.244 e. The van der Waals surface area contributed by atoms with Gasteiger partial charge >= 0.3 is 0 Å². The summed E-state index contributed by atoms with van der Waals surface area (Å²) in [4.78, 5) is 0.250. The van der Waals surface area contributed by atoms with Crippen LogP contribution in [-0.2, 0) is 16.6 Å². The van der Waals surface area contributed by atoms with Crippen molar-refractivity contribution in [1.29, 1.82) is 0 Å². The van der Waals surface area contributed by atoms with E-state index in [1.54, 1.807) is 25.2 Å². The van der Waals surface area contributed by atoms with E-state index < -0.39 is 10.0 Å². The Hall–Kier alpha value is -0.430. The van der Waals surface area contributed by atoms with Gasteiger partial charge in [-0.3, -0.25) is 0 Å². The van der Waals surface area contributed by atoms with Crippen molar-refractivity contribution < 1.29 is 13.5 Å². The molecule has 2 rings (SSSR count). The fourth-order valence-electron chi connectivity index (χ4n) is 2.10. The van der Waals surface area contributed by atoms with E-state index in [-0.39, 0.29) is 17.5 Å². The van der Waals surface area contributed by atoms with Crippen LogP contribution in [-0.4, -0.2) is 30.9 Å². The second-order valence-corrected chi connectivity index (χ2v) is 7.84. The predicted molar refractivity (Wildman–Crippen MR) is 77.2 cm³/mol. The van der Waals surface area contributed by atoms with Gasteiger partial charge in [0.15, 0.2) is 0 Å². The molecule has 1 atom stereocenters. The first kappa shape index (κ1) is 15.0. The largest absolute Gasteiger partial charge is 0.392 e. The number of hydrogen-bond acceptors (Lipinski definition) is 3. The zero-order valence-electron chi connectivity index (χ0n) is 11.0. The van der Waals surface area contributed by atoms with Crippen molar-refractivity contribution in [1.82, 2.24) is 4.31 Å². The molecule has 0 aliphatic heterocycles. The summed E-state index contributed by atoms with van der Waals surface area (Å²) in [5.74, 6) is 0.482. The Morgan fingerprint density at radius 1 is 1.47 bits per heavy atom. The van der Waals surface area contributed by atoms with E-state index in [1.165, 1.54) is 4.31 Å². The Balaban J connectivity index is 2.33. The van der Waals surface area contributed by atoms with Crippen molar-refractivity contribution in [3.8, 4) is 0 Å². The Morgan fingerprint density at radius 3 is 2.58 bits per heavy atom. The molecule has 6 heteroatoms. The van der Waals surface area contributed by atoms with Crippen molar-refractivity contribution in [2.45, 2.75) is 37.3 Å². The number of benzene rings is 1. The van der Waals surface area contributed by atoms with Crippen LogP contribution < -0.4 is 0 Å². The highest BCUT2D eigenvalue weighted by atomic mass is 79.9. The third-order valence-electron chi connectivity index (χ3n) is 3.71. The molecule has 1 aromatic rings. The van der Waals surface area contributed by atoms with E-state index in [2.05, 4.69) is 15.9 Å². The van der Waals surface area contributed by atoms with Gasteiger partial charge in [-0.1, -0.05) is 6.07 Å². The van der Waals surface area contributed by atoms with Gasteiger partial charge in [0.2, 0.25) is 10.0 Å². The fraction of sp³-hybridized carbons (Fsp3) is 0.538. The van der Waals surface area contributed by atoms with Gasteiger partial charge in [0, 0.05) is 17.6 Å². The first-order valence-corrected chi connectivity index (χ1v) is 8.48. The monoisotopic (exact) mass is 347 g/mol. The topological polar surface area (TPSA) is 57.6 Å². The summed E-state index contributed by atoms with van der Waals surface area (Å²) >= 11 is 3.28. The van der Waals surface area contributed by atoms with E-state index in [1.807, 2.05) is 6.92 Å². The van der Waals surface area contributed by atoms with Gasteiger partial charge in [0.1, 0.15) is 0 Å². The normalized spacial score (nSPS) is 17.7. The molecule has 1 unspecified atom stereocenters. The standard InChI is InChI=1S/C13H18BrNO3S/c1-9(11-4-5-11)15(2)19(17,18)13-6-3-10(8-16)7-12(13)14/h3,6-7,9,11,16H,4-5,8H2,1-2H3. The molecular weight excluding hydrogens is 330 g/mol. The highest BCUT2D eigenvalue weighted by Gasteiger charge is 2.36. The molecule has 0 radical (unpaired) electrons. The number of hydrogen-bond donors (Lipinski definition) is 1. The summed E-state index contributed by atoms with van der Waals surface area (Å²) in [6, 6.07) is 4.84. The highest BCUT2D eigenvalue weighted by Crippen LogP contribution is 2.37. The van der Waals surface area contributed by atoms with Gasteiger partial charge in [-0.25, -0.2) is 8.42 Å². The van der Waals surface area contributed by atoms with Crippen LogP contribution in [0.4, 0.5) is 0 Å². The van der Waals surface area contributed by atoms with Crippen LogP contribution in [0, 0.1) is 5.92 Å². The maximum Gasteiger partial charge on any atom is 0.244 e. The van der Waals surface area contributed by atoms with Gasteiger partial charge in [0.05, 0.1) is 11.5 Å². The lowest BCUT2D eigenvalue weighted by Gasteiger charge is -2.24. The molecule has 0 bridgehead atoms. The van der Waals surface area contributed by atoms with Crippen LogP contribution in [0.5, 0.6) is 0 Å². The molecule has 1 saturated carbocycles. The van der Waals surface area contributed by atoms with Gasteiger partial charge < -0.3 is 5.11 Å². The maximum atomic E-state index is 12.6. The summed E-state index contributed by atoms with van der Waals surface area (Å²) in [7, 11) is -1.86. The van der Waals surface area contributed by atoms with E-state index >= 15 is 0 Å². The Morgan fingerprint density at radius 2 is 2.11 bits per heavy atom. The molecular formula is C13H18BrNO3S. The van der Waals surface area contributed by atoms with Gasteiger partial charge in [0.25, 0.3) is 0 Å². The number of aliphatic hydroxyl groups excluding tert-OH is 1. The van der Waals surface area contributed by atoms with Crippen LogP contribution in [0.2, 0.25) is 0 Å². The average Bonchev–Trinajstić information content (AvgIpc) is 3.20. The summed E-state index contributed by atoms with van der Waals surface area (Å²) < 4.78 is 27.1. The number of rotatable bonds is 5. The predicted octanol–water partition coefficient (Wildman–Crippen LogP) is 2.36. The van der Waals surface area contributed by atoms with Crippen LogP contribution in [0.15, 0.2) is 27.6 Å². The molecule has 1 fully saturated rings. The highest BCUT2D eigenvalue weighted by molar-refractivity contribution is 9.10. The Kier molecular flexibility index (Phi) is 4.35. The van der Waals surface area contributed by atoms with E-state index in [4.69, 9.17) is 5.11 Å². The first-order valence-electron chi connectivity index (χ1n) is 6.25. The molecule has 106 valence electrons. The third-order valence-corrected chi connectivity index (χ3v) is 6.63. The van der Waals surface area contributed by atoms with Crippen LogP contribution in [0.25, 0.3) is 0 Å². The summed E-state index contributed by atoms with van der Waals surface area (Å²) in [5, 5.41) is 9.05. The summed E-state index contributed by atoms with van der Waals surface area (Å²) in [6.07, 6.45) is 2.21. The number of nitrogens with zero attached hydrogens (tertiary/aromatic N) is 1. The van der Waals surface area contributed by atoms with Gasteiger partial charge in [-0.05, 0) is 59.3 Å². The van der Waals surface area contributed by atoms with Gasteiger partial charge in [-0.15, -0.1) is 0 Å². The zero-order chi connectivity index (χ0) is 14.2. The van der Waals surface area contributed by atoms with Crippen molar-refractivity contribution in [3.63, 3.8) is 0 Å². The fourth-order valence-corrected chi connectivity index (χ4v) is 4.61. The second kappa shape index (κ2) is 5.52. The Labute approximate surface area is 122 Å². The lowest BCUT2D eigenvalue weighted by atomic mass is 10.2. The minimum atomic E-state index is -3.49. The summed E-state index contributed by atoms with van der Waals surface area (Å²) in [6.45, 7) is 1.85. The maximum absolute atomic E-state index is 12.6. The molecule has 1 aliphatic rings. The number of sulfonamides is 1. The van der Waals surface area contributed by atoms with Crippen LogP contribution in [0.3, 0.4) is 0 Å². The second-order valence-electron chi connectivity index (χ2n) is 5.02. The van der Waals surface area contributed by atoms with Crippen LogP contribution >= 0.6 is 15.9 Å². The average molecular weight is 348 g/mol. The molecule has 0 aromatic heterocycles. The summed E-state index contributed by atoms with van der Waals surface area (Å²) in [5.41, 5.74) is 0.684. The Bertz CT molecular complexity index is 569. The minimum absolute atomic E-state index is 0.0226. The van der Waals surface area contributed by atoms with Gasteiger partial charge in [-0.2, -0.15) is 4.31 Å². The zero-order valence-corrected chi connectivity index (χ0v) is 13.4. The molecule has 0 heterocycles. The van der Waals surface area contributed by atoms with E-state index in [9.17, 15) is 8.42 Å². The number of halogens is 1. The van der Waals surface area contributed by atoms with Crippen molar-refractivity contribution >= 4 is 26.0 Å². The van der Waals surface area contributed by atoms with Crippen molar-refractivity contribution in [2.75, 3.05) is 7.05 Å².